The lowest BCUT2D eigenvalue weighted by atomic mass is 9.82. The van der Waals surface area contributed by atoms with Gasteiger partial charge in [0, 0.05) is 50.4 Å². The molecule has 0 unspecified atom stereocenters. The molecule has 0 saturated carbocycles. The maximum Gasteiger partial charge on any atom is 0.0716 e. The van der Waals surface area contributed by atoms with E-state index in [2.05, 4.69) is 281 Å². The average molecular weight is 1070 g/mol. The summed E-state index contributed by atoms with van der Waals surface area (Å²) >= 11 is 0. The normalized spacial score (nSPS) is 13.8. The Morgan fingerprint density at radius 1 is 0.639 bits per heavy atom. The van der Waals surface area contributed by atoms with Crippen LogP contribution in [0.25, 0.3) is 67.0 Å². The minimum Gasteiger partial charge on any atom is -0.313 e. The quantitative estimate of drug-likeness (QED) is 0.0789. The summed E-state index contributed by atoms with van der Waals surface area (Å²) in [6, 6.07) is 81.3. The molecule has 1 heterocycles. The first-order chi connectivity index (χ1) is 40.6. The number of aryl methyl sites for hydroxylation is 1. The molecule has 0 spiro atoms. The highest BCUT2D eigenvalue weighted by molar-refractivity contribution is 6.19. The van der Waals surface area contributed by atoms with E-state index in [1.807, 2.05) is 30.3 Å². The number of nitrogens with zero attached hydrogens (tertiary/aromatic N) is 4. The number of rotatable bonds is 14. The summed E-state index contributed by atoms with van der Waals surface area (Å²) < 4.78 is 2.54. The molecule has 0 aliphatic heterocycles. The first-order valence-electron chi connectivity index (χ1n) is 28.9. The smallest absolute Gasteiger partial charge is 0.0716 e. The van der Waals surface area contributed by atoms with E-state index in [1.165, 1.54) is 94.1 Å². The number of aromatic nitrogens is 1. The molecule has 0 saturated heterocycles. The fourth-order valence-corrected chi connectivity index (χ4v) is 13.2. The van der Waals surface area contributed by atoms with Crippen molar-refractivity contribution < 1.29 is 0 Å². The minimum atomic E-state index is -0.170. The number of hydrogen-bond acceptors (Lipinski definition) is 3. The van der Waals surface area contributed by atoms with Crippen LogP contribution in [0.15, 0.2) is 265 Å². The van der Waals surface area contributed by atoms with Crippen LogP contribution in [-0.4, -0.2) is 17.0 Å². The molecule has 83 heavy (non-hydrogen) atoms. The maximum atomic E-state index is 5.26. The Labute approximate surface area is 488 Å². The Kier molecular flexibility index (Phi) is 13.8. The molecule has 0 bridgehead atoms. The van der Waals surface area contributed by atoms with Crippen LogP contribution in [0.1, 0.15) is 88.5 Å². The molecule has 1 aromatic heterocycles. The molecule has 13 rings (SSSR count). The van der Waals surface area contributed by atoms with E-state index in [9.17, 15) is 0 Å². The molecule has 0 atom stereocenters. The van der Waals surface area contributed by atoms with E-state index in [1.54, 1.807) is 0 Å². The van der Waals surface area contributed by atoms with Crippen LogP contribution >= 0.6 is 0 Å². The second kappa shape index (κ2) is 21.9. The van der Waals surface area contributed by atoms with Gasteiger partial charge >= 0.3 is 0 Å². The molecular weight excluding hydrogens is 1000 g/mol. The minimum absolute atomic E-state index is 0.170. The standard InChI is InChI=1S/C79H66N4/c1-8-52(2)75(63-36-24-38-74(53(63)3)83(61-45-41-57(42-46-61)56-25-12-9-13-26-56)62-47-48-67-66-33-22-23-37-70(66)79(5,6)71(67)49-62)76-54(4)82(78-69-35-21-19-32-65(69)64-31-18-20-34-68(64)77(76)78)60-43-39-55(40-44-60)51-81-73(59-29-16-11-17-30-59)50-72(80-7)58-27-14-10-15-28-58/h8-20,22-34,36-50H,1,7,21,35,51H2,2-6H3/b72-50-,75-52-,81-73?. The van der Waals surface area contributed by atoms with Crippen LogP contribution in [0.2, 0.25) is 0 Å². The highest BCUT2D eigenvalue weighted by Crippen LogP contribution is 2.52. The van der Waals surface area contributed by atoms with E-state index >= 15 is 0 Å². The molecule has 11 aromatic rings. The Morgan fingerprint density at radius 2 is 1.28 bits per heavy atom. The summed E-state index contributed by atoms with van der Waals surface area (Å²) in [6.45, 7) is 20.5. The van der Waals surface area contributed by atoms with Gasteiger partial charge < -0.3 is 9.47 Å². The Hall–Kier alpha value is -9.90. The van der Waals surface area contributed by atoms with Crippen molar-refractivity contribution >= 4 is 68.5 Å². The zero-order valence-electron chi connectivity index (χ0n) is 48.0. The van der Waals surface area contributed by atoms with E-state index in [0.29, 0.717) is 6.54 Å². The third-order valence-corrected chi connectivity index (χ3v) is 17.4. The zero-order chi connectivity index (χ0) is 56.8. The largest absolute Gasteiger partial charge is 0.313 e. The van der Waals surface area contributed by atoms with E-state index in [-0.39, 0.29) is 5.41 Å². The number of benzene rings is 10. The third kappa shape index (κ3) is 9.31. The highest BCUT2D eigenvalue weighted by Gasteiger charge is 2.36. The van der Waals surface area contributed by atoms with Crippen LogP contribution in [0.4, 0.5) is 17.1 Å². The monoisotopic (exact) mass is 1070 g/mol. The number of fused-ring (bicyclic) bond motifs is 9. The lowest BCUT2D eigenvalue weighted by Crippen LogP contribution is -2.17. The maximum absolute atomic E-state index is 5.26. The molecule has 10 aromatic carbocycles. The van der Waals surface area contributed by atoms with Gasteiger partial charge in [0.2, 0.25) is 0 Å². The first-order valence-corrected chi connectivity index (χ1v) is 28.9. The molecule has 402 valence electrons. The second-order valence-electron chi connectivity index (χ2n) is 22.5. The van der Waals surface area contributed by atoms with Gasteiger partial charge in [-0.25, -0.2) is 0 Å². The van der Waals surface area contributed by atoms with Crippen LogP contribution in [-0.2, 0) is 18.4 Å². The molecule has 0 radical (unpaired) electrons. The molecule has 0 amide bonds. The van der Waals surface area contributed by atoms with Gasteiger partial charge in [-0.05, 0) is 178 Å². The summed E-state index contributed by atoms with van der Waals surface area (Å²) in [5.41, 5.74) is 27.7. The van der Waals surface area contributed by atoms with Crippen molar-refractivity contribution in [1.82, 2.24) is 4.57 Å². The number of hydrogen-bond donors (Lipinski definition) is 0. The fraction of sp³-hybridized carbons (Fsp3) is 0.114. The topological polar surface area (TPSA) is 32.9 Å². The summed E-state index contributed by atoms with van der Waals surface area (Å²) in [5, 5.41) is 3.78. The number of aliphatic imine (C=N–C) groups is 2. The predicted molar refractivity (Wildman–Crippen MR) is 354 cm³/mol. The fourth-order valence-electron chi connectivity index (χ4n) is 13.2. The summed E-state index contributed by atoms with van der Waals surface area (Å²) in [6.07, 6.45) is 10.7. The molecular formula is C79H66N4. The van der Waals surface area contributed by atoms with Gasteiger partial charge in [0.15, 0.2) is 0 Å². The third-order valence-electron chi connectivity index (χ3n) is 17.4. The van der Waals surface area contributed by atoms with Crippen LogP contribution < -0.4 is 4.90 Å². The van der Waals surface area contributed by atoms with Gasteiger partial charge in [-0.1, -0.05) is 221 Å². The SMILES string of the molecule is C=C/C(C)=C(/c1cccc(N(c2ccc(-c3ccccc3)cc2)c2ccc3c(c2)C(C)(C)c2ccccc2-3)c1C)c1c(C)n(-c2ccc(CN=C(/C=C(\N=C)c3ccccc3)c3ccccc3)cc2)c2c3c(c4ccccc4c12)C=CCC3. The summed E-state index contributed by atoms with van der Waals surface area (Å²) in [5.74, 6) is 0. The van der Waals surface area contributed by atoms with Crippen molar-refractivity contribution in [3.05, 3.63) is 316 Å². The molecule has 2 aliphatic rings. The Balaban J connectivity index is 0.977. The van der Waals surface area contributed by atoms with Crippen molar-refractivity contribution in [3.8, 4) is 27.9 Å². The molecule has 0 fully saturated rings. The van der Waals surface area contributed by atoms with Gasteiger partial charge in [0.25, 0.3) is 0 Å². The van der Waals surface area contributed by atoms with Crippen molar-refractivity contribution in [2.75, 3.05) is 4.90 Å². The van der Waals surface area contributed by atoms with Gasteiger partial charge in [0.1, 0.15) is 0 Å². The van der Waals surface area contributed by atoms with Crippen molar-refractivity contribution in [2.24, 2.45) is 9.98 Å². The average Bonchev–Trinajstić information content (AvgIpc) is 2.30. The van der Waals surface area contributed by atoms with E-state index in [0.717, 1.165) is 69.3 Å². The summed E-state index contributed by atoms with van der Waals surface area (Å²) in [7, 11) is 0. The zero-order valence-corrected chi connectivity index (χ0v) is 48.0. The molecule has 2 aliphatic carbocycles. The summed E-state index contributed by atoms with van der Waals surface area (Å²) in [4.78, 5) is 12.2. The predicted octanol–water partition coefficient (Wildman–Crippen LogP) is 20.5. The lowest BCUT2D eigenvalue weighted by molar-refractivity contribution is 0.660. The Bertz CT molecular complexity index is 4450. The van der Waals surface area contributed by atoms with Gasteiger partial charge in [-0.2, -0.15) is 0 Å². The lowest BCUT2D eigenvalue weighted by Gasteiger charge is -2.30. The van der Waals surface area contributed by atoms with Crippen LogP contribution in [0.5, 0.6) is 0 Å². The molecule has 0 N–H and O–H groups in total. The van der Waals surface area contributed by atoms with Gasteiger partial charge in [-0.15, -0.1) is 0 Å². The first kappa shape index (κ1) is 52.5. The Morgan fingerprint density at radius 3 is 2.00 bits per heavy atom. The van der Waals surface area contributed by atoms with E-state index < -0.39 is 0 Å². The molecule has 4 heteroatoms. The van der Waals surface area contributed by atoms with Crippen molar-refractivity contribution in [3.63, 3.8) is 0 Å². The van der Waals surface area contributed by atoms with E-state index in [4.69, 9.17) is 4.99 Å². The molecule has 4 nitrogen and oxygen atoms in total. The van der Waals surface area contributed by atoms with Crippen LogP contribution in [0.3, 0.4) is 0 Å². The highest BCUT2D eigenvalue weighted by atomic mass is 15.1. The van der Waals surface area contributed by atoms with Gasteiger partial charge in [-0.3, -0.25) is 9.98 Å². The van der Waals surface area contributed by atoms with Crippen molar-refractivity contribution in [2.45, 2.75) is 59.4 Å². The number of allylic oxidation sites excluding steroid dienone is 4. The van der Waals surface area contributed by atoms with Crippen molar-refractivity contribution in [1.29, 1.82) is 0 Å². The second-order valence-corrected chi connectivity index (χ2v) is 22.5. The van der Waals surface area contributed by atoms with Gasteiger partial charge in [0.05, 0.1) is 23.5 Å². The number of anilines is 3. The van der Waals surface area contributed by atoms with Crippen LogP contribution in [0, 0.1) is 13.8 Å².